The number of hydrogen-bond donors (Lipinski definition) is 0. The predicted octanol–water partition coefficient (Wildman–Crippen LogP) is 1.72. The van der Waals surface area contributed by atoms with Crippen LogP contribution in [0.3, 0.4) is 0 Å². The first-order valence-corrected chi connectivity index (χ1v) is 4.28. The molecule has 1 amide bonds. The van der Waals surface area contributed by atoms with Crippen molar-refractivity contribution >= 4 is 12.1 Å². The van der Waals surface area contributed by atoms with Crippen molar-refractivity contribution in [2.75, 3.05) is 0 Å². The monoisotopic (exact) mass is 169 g/mol. The Labute approximate surface area is 75.7 Å². The van der Waals surface area contributed by atoms with Crippen LogP contribution in [0.15, 0.2) is 51.6 Å². The molecule has 0 radical (unpaired) electrons. The molecule has 0 unspecified atom stereocenters. The Bertz CT molecular complexity index is 458. The fraction of sp³-hybridized carbons (Fsp3) is 0.0909. The maximum Gasteiger partial charge on any atom is 0.277 e. The lowest BCUT2D eigenvalue weighted by Gasteiger charge is -2.15. The maximum atomic E-state index is 11.3. The molecule has 1 heterocycles. The highest BCUT2D eigenvalue weighted by molar-refractivity contribution is 6.12. The van der Waals surface area contributed by atoms with Gasteiger partial charge in [0.1, 0.15) is 0 Å². The van der Waals surface area contributed by atoms with Crippen LogP contribution in [0.1, 0.15) is 6.42 Å². The van der Waals surface area contributed by atoms with Crippen molar-refractivity contribution < 1.29 is 4.79 Å². The molecule has 0 aromatic carbocycles. The quantitative estimate of drug-likeness (QED) is 0.543. The molecule has 13 heavy (non-hydrogen) atoms. The highest BCUT2D eigenvalue weighted by Gasteiger charge is 2.26. The first kappa shape index (κ1) is 6.78. The molecule has 0 N–H and O–H groups in total. The van der Waals surface area contributed by atoms with Gasteiger partial charge in [0.25, 0.3) is 5.91 Å². The number of aliphatic imine (C=N–C) groups is 1. The maximum absolute atomic E-state index is 11.3. The second kappa shape index (κ2) is 2.16. The molecular weight excluding hydrogens is 162 g/mol. The lowest BCUT2D eigenvalue weighted by Crippen LogP contribution is -2.09. The zero-order valence-corrected chi connectivity index (χ0v) is 6.95. The number of carbonyl (C=O) groups excluding carboxylic acids is 1. The highest BCUT2D eigenvalue weighted by Crippen LogP contribution is 2.35. The van der Waals surface area contributed by atoms with Gasteiger partial charge in [-0.2, -0.15) is 0 Å². The minimum absolute atomic E-state index is 0.117. The average molecular weight is 169 g/mol. The number of hydrogen-bond acceptors (Lipinski definition) is 1. The van der Waals surface area contributed by atoms with Gasteiger partial charge in [0.05, 0.1) is 5.57 Å². The van der Waals surface area contributed by atoms with E-state index in [9.17, 15) is 4.79 Å². The predicted molar refractivity (Wildman–Crippen MR) is 50.4 cm³/mol. The summed E-state index contributed by atoms with van der Waals surface area (Å²) in [5.41, 5.74) is 4.09. The zero-order chi connectivity index (χ0) is 8.84. The molecule has 0 aromatic heterocycles. The van der Waals surface area contributed by atoms with Gasteiger partial charge >= 0.3 is 0 Å². The van der Waals surface area contributed by atoms with Gasteiger partial charge in [0, 0.05) is 11.8 Å². The summed E-state index contributed by atoms with van der Waals surface area (Å²) in [7, 11) is 0. The van der Waals surface area contributed by atoms with Gasteiger partial charge in [-0.25, -0.2) is 4.99 Å². The van der Waals surface area contributed by atoms with Gasteiger partial charge in [-0.1, -0.05) is 18.2 Å². The van der Waals surface area contributed by atoms with Crippen molar-refractivity contribution in [3.63, 3.8) is 0 Å². The topological polar surface area (TPSA) is 29.4 Å². The van der Waals surface area contributed by atoms with E-state index in [0.717, 1.165) is 23.1 Å². The third-order valence-corrected chi connectivity index (χ3v) is 2.50. The molecule has 2 heteroatoms. The van der Waals surface area contributed by atoms with Crippen molar-refractivity contribution in [2.45, 2.75) is 6.42 Å². The van der Waals surface area contributed by atoms with Gasteiger partial charge < -0.3 is 0 Å². The van der Waals surface area contributed by atoms with Crippen LogP contribution in [0.4, 0.5) is 0 Å². The fourth-order valence-electron chi connectivity index (χ4n) is 1.90. The Morgan fingerprint density at radius 1 is 1.15 bits per heavy atom. The summed E-state index contributed by atoms with van der Waals surface area (Å²) in [4.78, 5) is 15.2. The number of dihydropyridines is 1. The Kier molecular flexibility index (Phi) is 1.13. The summed E-state index contributed by atoms with van der Waals surface area (Å²) in [5.74, 6) is -0.117. The number of rotatable bonds is 0. The average Bonchev–Trinajstić information content (AvgIpc) is 2.57. The van der Waals surface area contributed by atoms with Crippen LogP contribution in [-0.2, 0) is 4.79 Å². The molecule has 2 aliphatic carbocycles. The van der Waals surface area contributed by atoms with E-state index in [0.29, 0.717) is 0 Å². The molecular formula is C11H7NO. The SMILES string of the molecule is O=C1N=CC2=CCC=C3C=CC1=C32. The molecule has 3 aliphatic rings. The van der Waals surface area contributed by atoms with Crippen LogP contribution in [0.5, 0.6) is 0 Å². The smallest absolute Gasteiger partial charge is 0.267 e. The van der Waals surface area contributed by atoms with E-state index in [4.69, 9.17) is 0 Å². The van der Waals surface area contributed by atoms with Gasteiger partial charge in [-0.3, -0.25) is 4.79 Å². The summed E-state index contributed by atoms with van der Waals surface area (Å²) in [5, 5.41) is 0. The second-order valence-electron chi connectivity index (χ2n) is 3.24. The molecule has 0 bridgehead atoms. The van der Waals surface area contributed by atoms with Crippen LogP contribution in [0.25, 0.3) is 0 Å². The largest absolute Gasteiger partial charge is 0.277 e. The second-order valence-corrected chi connectivity index (χ2v) is 3.24. The summed E-state index contributed by atoms with van der Waals surface area (Å²) in [6.45, 7) is 0. The minimum atomic E-state index is -0.117. The summed E-state index contributed by atoms with van der Waals surface area (Å²) >= 11 is 0. The number of allylic oxidation sites excluding steroid dienone is 6. The van der Waals surface area contributed by atoms with E-state index in [2.05, 4.69) is 17.1 Å². The normalized spacial score (nSPS) is 23.2. The van der Waals surface area contributed by atoms with E-state index in [1.807, 2.05) is 12.2 Å². The molecule has 2 nitrogen and oxygen atoms in total. The van der Waals surface area contributed by atoms with E-state index < -0.39 is 0 Å². The van der Waals surface area contributed by atoms with E-state index in [1.54, 1.807) is 6.21 Å². The molecule has 0 spiro atoms. The van der Waals surface area contributed by atoms with Crippen molar-refractivity contribution in [3.8, 4) is 0 Å². The van der Waals surface area contributed by atoms with Crippen LogP contribution in [0.2, 0.25) is 0 Å². The van der Waals surface area contributed by atoms with Crippen molar-refractivity contribution in [1.29, 1.82) is 0 Å². The zero-order valence-electron chi connectivity index (χ0n) is 6.95. The van der Waals surface area contributed by atoms with Gasteiger partial charge in [0.15, 0.2) is 0 Å². The Hall–Kier alpha value is -1.70. The number of carbonyl (C=O) groups is 1. The number of amides is 1. The summed E-state index contributed by atoms with van der Waals surface area (Å²) in [6, 6.07) is 0. The molecule has 0 saturated carbocycles. The lowest BCUT2D eigenvalue weighted by atomic mass is 9.91. The molecule has 62 valence electrons. The van der Waals surface area contributed by atoms with Crippen LogP contribution >= 0.6 is 0 Å². The van der Waals surface area contributed by atoms with Gasteiger partial charge in [-0.05, 0) is 23.6 Å². The van der Waals surface area contributed by atoms with Crippen LogP contribution in [-0.4, -0.2) is 12.1 Å². The van der Waals surface area contributed by atoms with E-state index in [-0.39, 0.29) is 5.91 Å². The molecule has 0 fully saturated rings. The third-order valence-electron chi connectivity index (χ3n) is 2.50. The summed E-state index contributed by atoms with van der Waals surface area (Å²) < 4.78 is 0. The van der Waals surface area contributed by atoms with Gasteiger partial charge in [-0.15, -0.1) is 0 Å². The fourth-order valence-corrected chi connectivity index (χ4v) is 1.90. The summed E-state index contributed by atoms with van der Waals surface area (Å²) in [6.07, 6.45) is 10.7. The first-order chi connectivity index (χ1) is 6.36. The van der Waals surface area contributed by atoms with E-state index in [1.165, 1.54) is 5.57 Å². The van der Waals surface area contributed by atoms with Crippen molar-refractivity contribution in [2.24, 2.45) is 4.99 Å². The lowest BCUT2D eigenvalue weighted by molar-refractivity contribution is -0.114. The first-order valence-electron chi connectivity index (χ1n) is 4.28. The van der Waals surface area contributed by atoms with Gasteiger partial charge in [0.2, 0.25) is 0 Å². The van der Waals surface area contributed by atoms with Crippen LogP contribution < -0.4 is 0 Å². The highest BCUT2D eigenvalue weighted by atomic mass is 16.1. The van der Waals surface area contributed by atoms with Crippen LogP contribution in [0, 0.1) is 0 Å². The van der Waals surface area contributed by atoms with Crippen molar-refractivity contribution in [1.82, 2.24) is 0 Å². The molecule has 0 aromatic rings. The standard InChI is InChI=1S/C11H7NO/c13-11-9-5-4-7-2-1-3-8(6-12-11)10(7)9/h2-6H,1H2. The number of nitrogens with zero attached hydrogens (tertiary/aromatic N) is 1. The minimum Gasteiger partial charge on any atom is -0.267 e. The Morgan fingerprint density at radius 2 is 2.00 bits per heavy atom. The molecule has 0 saturated heterocycles. The third kappa shape index (κ3) is 0.773. The van der Waals surface area contributed by atoms with E-state index >= 15 is 0 Å². The Balaban J connectivity index is 2.29. The van der Waals surface area contributed by atoms with Crippen molar-refractivity contribution in [3.05, 3.63) is 46.6 Å². The molecule has 3 rings (SSSR count). The molecule has 1 aliphatic heterocycles. The Morgan fingerprint density at radius 3 is 2.92 bits per heavy atom. The molecule has 0 atom stereocenters.